The molecule has 0 fully saturated rings. The maximum atomic E-state index is 12.5. The molecule has 0 spiro atoms. The molecule has 0 aliphatic carbocycles. The molecular weight excluding hydrogens is 296 g/mol. The van der Waals surface area contributed by atoms with E-state index in [-0.39, 0.29) is 5.78 Å². The van der Waals surface area contributed by atoms with Gasteiger partial charge in [-0.25, -0.2) is 0 Å². The van der Waals surface area contributed by atoms with E-state index in [1.807, 2.05) is 55.5 Å². The van der Waals surface area contributed by atoms with Crippen molar-refractivity contribution in [3.63, 3.8) is 0 Å². The fourth-order valence-electron chi connectivity index (χ4n) is 2.38. The van der Waals surface area contributed by atoms with E-state index in [1.165, 1.54) is 0 Å². The van der Waals surface area contributed by atoms with E-state index < -0.39 is 0 Å². The van der Waals surface area contributed by atoms with E-state index in [4.69, 9.17) is 16.0 Å². The molecule has 1 heterocycles. The number of rotatable bonds is 4. The van der Waals surface area contributed by atoms with E-state index in [1.54, 1.807) is 12.1 Å². The Bertz CT molecular complexity index is 786. The van der Waals surface area contributed by atoms with Crippen LogP contribution >= 0.6 is 11.6 Å². The lowest BCUT2D eigenvalue weighted by Crippen LogP contribution is -1.98. The van der Waals surface area contributed by atoms with Crippen LogP contribution in [0.25, 0.3) is 11.3 Å². The largest absolute Gasteiger partial charge is 0.452 e. The Hall–Kier alpha value is -2.32. The predicted octanol–water partition coefficient (Wildman–Crippen LogP) is 5.39. The number of ketones is 1. The molecule has 110 valence electrons. The van der Waals surface area contributed by atoms with E-state index in [0.717, 1.165) is 23.3 Å². The van der Waals surface area contributed by atoms with Gasteiger partial charge in [0, 0.05) is 16.1 Å². The Morgan fingerprint density at radius 2 is 1.73 bits per heavy atom. The van der Waals surface area contributed by atoms with Crippen molar-refractivity contribution in [2.24, 2.45) is 0 Å². The molecule has 3 rings (SSSR count). The monoisotopic (exact) mass is 310 g/mol. The second-order valence-corrected chi connectivity index (χ2v) is 5.46. The van der Waals surface area contributed by atoms with Crippen LogP contribution in [0.1, 0.15) is 28.6 Å². The maximum Gasteiger partial charge on any atom is 0.228 e. The van der Waals surface area contributed by atoms with Gasteiger partial charge in [0.15, 0.2) is 5.76 Å². The lowest BCUT2D eigenvalue weighted by molar-refractivity contribution is 0.101. The first kappa shape index (κ1) is 14.6. The van der Waals surface area contributed by atoms with Gasteiger partial charge in [0.05, 0.1) is 0 Å². The predicted molar refractivity (Wildman–Crippen MR) is 88.4 cm³/mol. The lowest BCUT2D eigenvalue weighted by Gasteiger charge is -2.00. The van der Waals surface area contributed by atoms with Crippen molar-refractivity contribution in [3.8, 4) is 11.3 Å². The standard InChI is InChI=1S/C19H15ClO2/c1-2-13-12-17(18(21)14-6-4-3-5-7-14)22-19(13)15-8-10-16(20)11-9-15/h3-12H,2H2,1H3. The summed E-state index contributed by atoms with van der Waals surface area (Å²) in [6, 6.07) is 18.4. The third kappa shape index (κ3) is 2.83. The van der Waals surface area contributed by atoms with Crippen LogP contribution in [0.4, 0.5) is 0 Å². The molecule has 22 heavy (non-hydrogen) atoms. The molecule has 0 aliphatic rings. The van der Waals surface area contributed by atoms with Gasteiger partial charge in [0.25, 0.3) is 0 Å². The first-order valence-electron chi connectivity index (χ1n) is 7.17. The average Bonchev–Trinajstić information content (AvgIpc) is 3.00. The summed E-state index contributed by atoms with van der Waals surface area (Å²) in [4.78, 5) is 12.5. The highest BCUT2D eigenvalue weighted by Crippen LogP contribution is 2.29. The highest BCUT2D eigenvalue weighted by atomic mass is 35.5. The van der Waals surface area contributed by atoms with Crippen molar-refractivity contribution in [1.29, 1.82) is 0 Å². The van der Waals surface area contributed by atoms with Crippen molar-refractivity contribution in [3.05, 3.63) is 82.6 Å². The Balaban J connectivity index is 2.02. The third-order valence-electron chi connectivity index (χ3n) is 3.56. The Morgan fingerprint density at radius 1 is 1.05 bits per heavy atom. The summed E-state index contributed by atoms with van der Waals surface area (Å²) < 4.78 is 5.86. The topological polar surface area (TPSA) is 30.2 Å². The Morgan fingerprint density at radius 3 is 2.36 bits per heavy atom. The Labute approximate surface area is 134 Å². The molecule has 0 radical (unpaired) electrons. The maximum absolute atomic E-state index is 12.5. The number of hydrogen-bond acceptors (Lipinski definition) is 2. The highest BCUT2D eigenvalue weighted by molar-refractivity contribution is 6.30. The zero-order valence-corrected chi connectivity index (χ0v) is 12.9. The zero-order chi connectivity index (χ0) is 15.5. The molecule has 1 aromatic heterocycles. The van der Waals surface area contributed by atoms with Crippen LogP contribution in [0.5, 0.6) is 0 Å². The van der Waals surface area contributed by atoms with Crippen LogP contribution in [0.3, 0.4) is 0 Å². The lowest BCUT2D eigenvalue weighted by atomic mass is 10.1. The van der Waals surface area contributed by atoms with Crippen LogP contribution in [0.2, 0.25) is 5.02 Å². The number of aryl methyl sites for hydroxylation is 1. The highest BCUT2D eigenvalue weighted by Gasteiger charge is 2.18. The second-order valence-electron chi connectivity index (χ2n) is 5.02. The molecule has 0 amide bonds. The van der Waals surface area contributed by atoms with Crippen molar-refractivity contribution in [1.82, 2.24) is 0 Å². The van der Waals surface area contributed by atoms with Crippen molar-refractivity contribution in [2.45, 2.75) is 13.3 Å². The molecule has 0 saturated heterocycles. The normalized spacial score (nSPS) is 10.6. The molecule has 0 bridgehead atoms. The average molecular weight is 311 g/mol. The van der Waals surface area contributed by atoms with Gasteiger partial charge in [0.2, 0.25) is 5.78 Å². The summed E-state index contributed by atoms with van der Waals surface area (Å²) in [6.45, 7) is 2.04. The van der Waals surface area contributed by atoms with E-state index in [0.29, 0.717) is 16.3 Å². The SMILES string of the molecule is CCc1cc(C(=O)c2ccccc2)oc1-c1ccc(Cl)cc1. The zero-order valence-electron chi connectivity index (χ0n) is 12.2. The minimum atomic E-state index is -0.101. The fourth-order valence-corrected chi connectivity index (χ4v) is 2.51. The van der Waals surface area contributed by atoms with Crippen molar-refractivity contribution < 1.29 is 9.21 Å². The van der Waals surface area contributed by atoms with Crippen LogP contribution in [-0.2, 0) is 6.42 Å². The first-order chi connectivity index (χ1) is 10.7. The molecule has 0 unspecified atom stereocenters. The van der Waals surface area contributed by atoms with Crippen molar-refractivity contribution >= 4 is 17.4 Å². The van der Waals surface area contributed by atoms with Gasteiger partial charge in [-0.3, -0.25) is 4.79 Å². The minimum Gasteiger partial charge on any atom is -0.452 e. The fraction of sp³-hybridized carbons (Fsp3) is 0.105. The molecular formula is C19H15ClO2. The first-order valence-corrected chi connectivity index (χ1v) is 7.55. The quantitative estimate of drug-likeness (QED) is 0.604. The van der Waals surface area contributed by atoms with E-state index in [9.17, 15) is 4.79 Å². The number of benzene rings is 2. The number of carbonyl (C=O) groups excluding carboxylic acids is 1. The molecule has 2 aromatic carbocycles. The summed E-state index contributed by atoms with van der Waals surface area (Å²) in [6.07, 6.45) is 0.795. The van der Waals surface area contributed by atoms with E-state index >= 15 is 0 Å². The van der Waals surface area contributed by atoms with Gasteiger partial charge >= 0.3 is 0 Å². The second kappa shape index (κ2) is 6.20. The molecule has 0 N–H and O–H groups in total. The van der Waals surface area contributed by atoms with Gasteiger partial charge in [-0.15, -0.1) is 0 Å². The van der Waals surface area contributed by atoms with Gasteiger partial charge in [0.1, 0.15) is 5.76 Å². The van der Waals surface area contributed by atoms with Gasteiger partial charge in [-0.1, -0.05) is 48.9 Å². The summed E-state index contributed by atoms with van der Waals surface area (Å²) >= 11 is 5.92. The van der Waals surface area contributed by atoms with Gasteiger partial charge in [-0.2, -0.15) is 0 Å². The molecule has 3 heteroatoms. The number of hydrogen-bond donors (Lipinski definition) is 0. The van der Waals surface area contributed by atoms with Crippen LogP contribution < -0.4 is 0 Å². The van der Waals surface area contributed by atoms with Crippen LogP contribution in [0, 0.1) is 0 Å². The third-order valence-corrected chi connectivity index (χ3v) is 3.81. The Kier molecular flexibility index (Phi) is 4.12. The molecule has 2 nitrogen and oxygen atoms in total. The molecule has 0 aliphatic heterocycles. The van der Waals surface area contributed by atoms with Gasteiger partial charge in [-0.05, 0) is 42.3 Å². The molecule has 3 aromatic rings. The molecule has 0 saturated carbocycles. The summed E-state index contributed by atoms with van der Waals surface area (Å²) in [5.41, 5.74) is 2.57. The van der Waals surface area contributed by atoms with Crippen LogP contribution in [0.15, 0.2) is 65.1 Å². The van der Waals surface area contributed by atoms with Gasteiger partial charge < -0.3 is 4.42 Å². The summed E-state index contributed by atoms with van der Waals surface area (Å²) in [5.74, 6) is 1.00. The molecule has 0 atom stereocenters. The smallest absolute Gasteiger partial charge is 0.228 e. The number of furan rings is 1. The minimum absolute atomic E-state index is 0.101. The van der Waals surface area contributed by atoms with E-state index in [2.05, 4.69) is 0 Å². The number of carbonyl (C=O) groups is 1. The van der Waals surface area contributed by atoms with Crippen molar-refractivity contribution in [2.75, 3.05) is 0 Å². The summed E-state index contributed by atoms with van der Waals surface area (Å²) in [7, 11) is 0. The van der Waals surface area contributed by atoms with Crippen LogP contribution in [-0.4, -0.2) is 5.78 Å². The number of halogens is 1. The summed E-state index contributed by atoms with van der Waals surface area (Å²) in [5, 5.41) is 0.675.